The predicted octanol–water partition coefficient (Wildman–Crippen LogP) is 1.15. The van der Waals surface area contributed by atoms with E-state index in [1.165, 1.54) is 5.56 Å². The number of pyridine rings is 1. The summed E-state index contributed by atoms with van der Waals surface area (Å²) >= 11 is 0. The second-order valence-corrected chi connectivity index (χ2v) is 6.83. The Balaban J connectivity index is 1.54. The second kappa shape index (κ2) is 8.60. The van der Waals surface area contributed by atoms with Gasteiger partial charge in [-0.15, -0.1) is 0 Å². The Kier molecular flexibility index (Phi) is 6.23. The maximum Gasteiger partial charge on any atom is 0.314 e. The molecule has 2 aliphatic rings. The quantitative estimate of drug-likeness (QED) is 0.835. The SMILES string of the molecule is CCNC(=O)NC[C@H]1CC[C@]2(COCCN(Cc3cccnc3)C2)O1. The highest BCUT2D eigenvalue weighted by atomic mass is 16.6. The molecule has 1 spiro atoms. The van der Waals surface area contributed by atoms with Crippen LogP contribution in [0.2, 0.25) is 0 Å². The van der Waals surface area contributed by atoms with E-state index < -0.39 is 0 Å². The summed E-state index contributed by atoms with van der Waals surface area (Å²) in [5.74, 6) is 0. The summed E-state index contributed by atoms with van der Waals surface area (Å²) in [5.41, 5.74) is 0.929. The van der Waals surface area contributed by atoms with E-state index in [0.29, 0.717) is 26.3 Å². The molecular formula is C18H28N4O3. The van der Waals surface area contributed by atoms with Crippen LogP contribution < -0.4 is 10.6 Å². The molecule has 2 fully saturated rings. The van der Waals surface area contributed by atoms with E-state index in [0.717, 1.165) is 32.5 Å². The number of hydrogen-bond donors (Lipinski definition) is 2. The summed E-state index contributed by atoms with van der Waals surface area (Å²) in [7, 11) is 0. The molecule has 0 bridgehead atoms. The van der Waals surface area contributed by atoms with Crippen LogP contribution in [0.25, 0.3) is 0 Å². The van der Waals surface area contributed by atoms with Crippen LogP contribution in [0, 0.1) is 0 Å². The van der Waals surface area contributed by atoms with Crippen molar-refractivity contribution in [1.29, 1.82) is 0 Å². The number of nitrogens with zero attached hydrogens (tertiary/aromatic N) is 2. The summed E-state index contributed by atoms with van der Waals surface area (Å²) < 4.78 is 12.2. The Morgan fingerprint density at radius 3 is 3.20 bits per heavy atom. The Morgan fingerprint density at radius 1 is 1.48 bits per heavy atom. The van der Waals surface area contributed by atoms with Gasteiger partial charge in [-0.3, -0.25) is 9.88 Å². The van der Waals surface area contributed by atoms with Gasteiger partial charge in [0.1, 0.15) is 5.60 Å². The predicted molar refractivity (Wildman–Crippen MR) is 94.2 cm³/mol. The number of ether oxygens (including phenoxy) is 2. The fourth-order valence-corrected chi connectivity index (χ4v) is 3.56. The van der Waals surface area contributed by atoms with Crippen molar-refractivity contribution >= 4 is 6.03 Å². The molecule has 3 heterocycles. The van der Waals surface area contributed by atoms with Gasteiger partial charge in [0.15, 0.2) is 0 Å². The molecule has 0 aliphatic carbocycles. The Bertz CT molecular complexity index is 557. The van der Waals surface area contributed by atoms with Crippen molar-refractivity contribution in [2.75, 3.05) is 39.4 Å². The zero-order valence-electron chi connectivity index (χ0n) is 14.9. The first kappa shape index (κ1) is 18.1. The number of carbonyl (C=O) groups is 1. The molecule has 2 amide bonds. The minimum Gasteiger partial charge on any atom is -0.377 e. The van der Waals surface area contributed by atoms with Gasteiger partial charge in [-0.1, -0.05) is 6.07 Å². The molecule has 2 N–H and O–H groups in total. The molecule has 2 atom stereocenters. The summed E-state index contributed by atoms with van der Waals surface area (Å²) in [5, 5.41) is 5.62. The van der Waals surface area contributed by atoms with E-state index >= 15 is 0 Å². The van der Waals surface area contributed by atoms with Gasteiger partial charge in [-0.2, -0.15) is 0 Å². The van der Waals surface area contributed by atoms with Gasteiger partial charge in [0.2, 0.25) is 0 Å². The molecular weight excluding hydrogens is 320 g/mol. The van der Waals surface area contributed by atoms with Crippen molar-refractivity contribution in [3.8, 4) is 0 Å². The van der Waals surface area contributed by atoms with E-state index in [1.54, 1.807) is 6.20 Å². The smallest absolute Gasteiger partial charge is 0.314 e. The standard InChI is InChI=1S/C18H28N4O3/c1-2-20-17(23)21-11-16-5-6-18(25-16)13-22(8-9-24-14-18)12-15-4-3-7-19-10-15/h3-4,7,10,16H,2,5-6,8-9,11-14H2,1H3,(H2,20,21,23)/t16-,18+/m1/s1. The van der Waals surface area contributed by atoms with Crippen LogP contribution >= 0.6 is 0 Å². The van der Waals surface area contributed by atoms with Gasteiger partial charge < -0.3 is 20.1 Å². The van der Waals surface area contributed by atoms with Crippen LogP contribution in [0.1, 0.15) is 25.3 Å². The maximum atomic E-state index is 11.6. The van der Waals surface area contributed by atoms with Gasteiger partial charge in [0.05, 0.1) is 19.3 Å². The van der Waals surface area contributed by atoms with Gasteiger partial charge in [-0.25, -0.2) is 4.79 Å². The van der Waals surface area contributed by atoms with E-state index in [-0.39, 0.29) is 17.7 Å². The lowest BCUT2D eigenvalue weighted by atomic mass is 10.00. The highest BCUT2D eigenvalue weighted by Crippen LogP contribution is 2.33. The Morgan fingerprint density at radius 2 is 2.40 bits per heavy atom. The molecule has 1 aromatic rings. The van der Waals surface area contributed by atoms with Crippen LogP contribution in [-0.2, 0) is 16.0 Å². The third-order valence-corrected chi connectivity index (χ3v) is 4.72. The molecule has 0 aromatic carbocycles. The molecule has 2 aliphatic heterocycles. The number of hydrogen-bond acceptors (Lipinski definition) is 5. The van der Waals surface area contributed by atoms with Crippen molar-refractivity contribution in [1.82, 2.24) is 20.5 Å². The van der Waals surface area contributed by atoms with Gasteiger partial charge in [0.25, 0.3) is 0 Å². The zero-order chi connectivity index (χ0) is 17.5. The molecule has 0 saturated carbocycles. The van der Waals surface area contributed by atoms with Crippen molar-refractivity contribution in [2.45, 2.75) is 38.0 Å². The maximum absolute atomic E-state index is 11.6. The van der Waals surface area contributed by atoms with E-state index in [1.807, 2.05) is 19.2 Å². The topological polar surface area (TPSA) is 75.7 Å². The molecule has 25 heavy (non-hydrogen) atoms. The normalized spacial score (nSPS) is 27.2. The third kappa shape index (κ3) is 5.14. The van der Waals surface area contributed by atoms with Gasteiger partial charge >= 0.3 is 6.03 Å². The number of nitrogens with one attached hydrogen (secondary N) is 2. The Labute approximate surface area is 149 Å². The van der Waals surface area contributed by atoms with E-state index in [2.05, 4.69) is 26.6 Å². The van der Waals surface area contributed by atoms with E-state index in [9.17, 15) is 4.79 Å². The van der Waals surface area contributed by atoms with Gasteiger partial charge in [-0.05, 0) is 31.4 Å². The largest absolute Gasteiger partial charge is 0.377 e. The number of urea groups is 1. The fraction of sp³-hybridized carbons (Fsp3) is 0.667. The first-order valence-electron chi connectivity index (χ1n) is 9.08. The van der Waals surface area contributed by atoms with Crippen LogP contribution in [0.5, 0.6) is 0 Å². The fourth-order valence-electron chi connectivity index (χ4n) is 3.56. The Hall–Kier alpha value is -1.70. The highest BCUT2D eigenvalue weighted by Gasteiger charge is 2.43. The molecule has 7 nitrogen and oxygen atoms in total. The lowest BCUT2D eigenvalue weighted by Gasteiger charge is -2.32. The lowest BCUT2D eigenvalue weighted by molar-refractivity contribution is -0.0847. The summed E-state index contributed by atoms with van der Waals surface area (Å²) in [6.07, 6.45) is 5.65. The minimum absolute atomic E-state index is 0.0459. The highest BCUT2D eigenvalue weighted by molar-refractivity contribution is 5.73. The second-order valence-electron chi connectivity index (χ2n) is 6.83. The monoisotopic (exact) mass is 348 g/mol. The van der Waals surface area contributed by atoms with Crippen LogP contribution in [0.3, 0.4) is 0 Å². The minimum atomic E-state index is -0.272. The van der Waals surface area contributed by atoms with Crippen LogP contribution in [-0.4, -0.2) is 67.0 Å². The molecule has 2 saturated heterocycles. The van der Waals surface area contributed by atoms with Crippen LogP contribution in [0.4, 0.5) is 4.79 Å². The average Bonchev–Trinajstić information content (AvgIpc) is 2.90. The molecule has 0 unspecified atom stereocenters. The number of carbonyl (C=O) groups excluding carboxylic acids is 1. The summed E-state index contributed by atoms with van der Waals surface area (Å²) in [4.78, 5) is 18.1. The van der Waals surface area contributed by atoms with Crippen molar-refractivity contribution in [3.05, 3.63) is 30.1 Å². The molecule has 7 heteroatoms. The average molecular weight is 348 g/mol. The number of aromatic nitrogens is 1. The first-order chi connectivity index (χ1) is 12.2. The third-order valence-electron chi connectivity index (χ3n) is 4.72. The van der Waals surface area contributed by atoms with Crippen molar-refractivity contribution < 1.29 is 14.3 Å². The number of amides is 2. The number of rotatable bonds is 5. The molecule has 3 rings (SSSR count). The lowest BCUT2D eigenvalue weighted by Crippen LogP contribution is -2.46. The van der Waals surface area contributed by atoms with Crippen molar-refractivity contribution in [2.24, 2.45) is 0 Å². The first-order valence-corrected chi connectivity index (χ1v) is 9.08. The van der Waals surface area contributed by atoms with Gasteiger partial charge in [0, 0.05) is 45.1 Å². The zero-order valence-corrected chi connectivity index (χ0v) is 14.9. The molecule has 1 aromatic heterocycles. The van der Waals surface area contributed by atoms with Crippen LogP contribution in [0.15, 0.2) is 24.5 Å². The summed E-state index contributed by atoms with van der Waals surface area (Å²) in [6.45, 7) is 6.99. The molecule has 138 valence electrons. The molecule has 0 radical (unpaired) electrons. The van der Waals surface area contributed by atoms with E-state index in [4.69, 9.17) is 9.47 Å². The summed E-state index contributed by atoms with van der Waals surface area (Å²) in [6, 6.07) is 3.93. The van der Waals surface area contributed by atoms with Crippen molar-refractivity contribution in [3.63, 3.8) is 0 Å².